The molecule has 1 aromatic heterocycles. The van der Waals surface area contributed by atoms with E-state index in [-0.39, 0.29) is 12.1 Å². The summed E-state index contributed by atoms with van der Waals surface area (Å²) in [6.07, 6.45) is 8.72. The Morgan fingerprint density at radius 1 is 1.62 bits per heavy atom. The third-order valence-corrected chi connectivity index (χ3v) is 3.31. The van der Waals surface area contributed by atoms with Crippen molar-refractivity contribution in [2.75, 3.05) is 7.11 Å². The first kappa shape index (κ1) is 11.6. The van der Waals surface area contributed by atoms with E-state index in [0.29, 0.717) is 5.92 Å². The van der Waals surface area contributed by atoms with Crippen molar-refractivity contribution < 1.29 is 4.74 Å². The SMILES string of the molecule is COC(C(N)CCc1cnn(C)c1)C1CC1. The van der Waals surface area contributed by atoms with Gasteiger partial charge in [0.15, 0.2) is 0 Å². The standard InChI is InChI=1S/C12H21N3O/c1-15-8-9(7-14-15)3-6-11(13)12(16-2)10-4-5-10/h7-8,10-12H,3-6,13H2,1-2H3. The molecule has 0 aliphatic heterocycles. The fourth-order valence-electron chi connectivity index (χ4n) is 2.24. The van der Waals surface area contributed by atoms with E-state index in [1.807, 2.05) is 24.1 Å². The van der Waals surface area contributed by atoms with Crippen molar-refractivity contribution in [3.05, 3.63) is 18.0 Å². The topological polar surface area (TPSA) is 53.1 Å². The number of hydrogen-bond donors (Lipinski definition) is 1. The third-order valence-electron chi connectivity index (χ3n) is 3.31. The molecule has 2 N–H and O–H groups in total. The summed E-state index contributed by atoms with van der Waals surface area (Å²) in [6, 6.07) is 0.151. The number of hydrogen-bond acceptors (Lipinski definition) is 3. The molecule has 1 aromatic rings. The maximum Gasteiger partial charge on any atom is 0.0750 e. The van der Waals surface area contributed by atoms with E-state index in [1.54, 1.807) is 7.11 Å². The minimum atomic E-state index is 0.151. The summed E-state index contributed by atoms with van der Waals surface area (Å²) in [5.74, 6) is 0.703. The fraction of sp³-hybridized carbons (Fsp3) is 0.750. The van der Waals surface area contributed by atoms with E-state index in [4.69, 9.17) is 10.5 Å². The highest BCUT2D eigenvalue weighted by Crippen LogP contribution is 2.35. The molecule has 4 nitrogen and oxygen atoms in total. The Hall–Kier alpha value is -0.870. The van der Waals surface area contributed by atoms with Crippen molar-refractivity contribution in [2.24, 2.45) is 18.7 Å². The summed E-state index contributed by atoms with van der Waals surface area (Å²) in [6.45, 7) is 0. The Kier molecular flexibility index (Phi) is 3.61. The predicted octanol–water partition coefficient (Wildman–Crippen LogP) is 1.10. The minimum absolute atomic E-state index is 0.151. The molecule has 0 spiro atoms. The summed E-state index contributed by atoms with van der Waals surface area (Å²) in [5.41, 5.74) is 7.43. The average Bonchev–Trinajstić information content (AvgIpc) is 3.00. The second-order valence-electron chi connectivity index (χ2n) is 4.76. The monoisotopic (exact) mass is 223 g/mol. The molecule has 0 saturated heterocycles. The molecule has 1 fully saturated rings. The van der Waals surface area contributed by atoms with Crippen LogP contribution in [0.3, 0.4) is 0 Å². The van der Waals surface area contributed by atoms with Crippen molar-refractivity contribution in [3.8, 4) is 0 Å². The number of methoxy groups -OCH3 is 1. The molecule has 1 aliphatic rings. The highest BCUT2D eigenvalue weighted by atomic mass is 16.5. The van der Waals surface area contributed by atoms with Crippen molar-refractivity contribution in [1.29, 1.82) is 0 Å². The van der Waals surface area contributed by atoms with Crippen LogP contribution in [0.15, 0.2) is 12.4 Å². The Balaban J connectivity index is 1.80. The number of aryl methyl sites for hydroxylation is 2. The number of aromatic nitrogens is 2. The maximum atomic E-state index is 6.17. The van der Waals surface area contributed by atoms with Gasteiger partial charge in [0.25, 0.3) is 0 Å². The molecule has 1 saturated carbocycles. The number of nitrogens with zero attached hydrogens (tertiary/aromatic N) is 2. The predicted molar refractivity (Wildman–Crippen MR) is 63.0 cm³/mol. The van der Waals surface area contributed by atoms with Gasteiger partial charge >= 0.3 is 0 Å². The van der Waals surface area contributed by atoms with Crippen LogP contribution in [0.5, 0.6) is 0 Å². The molecule has 0 amide bonds. The van der Waals surface area contributed by atoms with Gasteiger partial charge in [-0.15, -0.1) is 0 Å². The first-order valence-electron chi connectivity index (χ1n) is 5.96. The zero-order valence-electron chi connectivity index (χ0n) is 10.1. The molecule has 4 heteroatoms. The first-order valence-corrected chi connectivity index (χ1v) is 5.96. The largest absolute Gasteiger partial charge is 0.380 e. The number of rotatable bonds is 6. The van der Waals surface area contributed by atoms with Crippen molar-refractivity contribution in [2.45, 2.75) is 37.8 Å². The van der Waals surface area contributed by atoms with Gasteiger partial charge in [0, 0.05) is 26.4 Å². The Bertz CT molecular complexity index is 333. The molecule has 0 aromatic carbocycles. The average molecular weight is 223 g/mol. The van der Waals surface area contributed by atoms with Crippen LogP contribution in [-0.2, 0) is 18.2 Å². The number of nitrogens with two attached hydrogens (primary N) is 1. The van der Waals surface area contributed by atoms with Gasteiger partial charge in [-0.05, 0) is 37.2 Å². The number of ether oxygens (including phenoxy) is 1. The molecule has 90 valence electrons. The van der Waals surface area contributed by atoms with Crippen LogP contribution in [0, 0.1) is 5.92 Å². The van der Waals surface area contributed by atoms with Gasteiger partial charge in [-0.2, -0.15) is 5.10 Å². The lowest BCUT2D eigenvalue weighted by Gasteiger charge is -2.22. The van der Waals surface area contributed by atoms with Crippen LogP contribution in [0.1, 0.15) is 24.8 Å². The van der Waals surface area contributed by atoms with E-state index in [0.717, 1.165) is 12.8 Å². The van der Waals surface area contributed by atoms with Crippen LogP contribution >= 0.6 is 0 Å². The van der Waals surface area contributed by atoms with Crippen molar-refractivity contribution >= 4 is 0 Å². The maximum absolute atomic E-state index is 6.17. The summed E-state index contributed by atoms with van der Waals surface area (Å²) < 4.78 is 7.31. The molecular formula is C12H21N3O. The molecule has 2 rings (SSSR count). The second-order valence-corrected chi connectivity index (χ2v) is 4.76. The van der Waals surface area contributed by atoms with Gasteiger partial charge < -0.3 is 10.5 Å². The molecule has 2 atom stereocenters. The van der Waals surface area contributed by atoms with Gasteiger partial charge in [0.2, 0.25) is 0 Å². The highest BCUT2D eigenvalue weighted by Gasteiger charge is 2.34. The molecule has 0 radical (unpaired) electrons. The van der Waals surface area contributed by atoms with Crippen LogP contribution in [0.2, 0.25) is 0 Å². The summed E-state index contributed by atoms with van der Waals surface area (Å²) in [5, 5.41) is 4.15. The molecule has 0 bridgehead atoms. The lowest BCUT2D eigenvalue weighted by atomic mass is 10.0. The molecule has 1 heterocycles. The van der Waals surface area contributed by atoms with E-state index in [2.05, 4.69) is 5.10 Å². The summed E-state index contributed by atoms with van der Waals surface area (Å²) in [7, 11) is 3.71. The third kappa shape index (κ3) is 2.83. The van der Waals surface area contributed by atoms with Crippen molar-refractivity contribution in [3.63, 3.8) is 0 Å². The quantitative estimate of drug-likeness (QED) is 0.786. The van der Waals surface area contributed by atoms with Gasteiger partial charge in [0.05, 0.1) is 12.3 Å². The van der Waals surface area contributed by atoms with Gasteiger partial charge in [-0.3, -0.25) is 4.68 Å². The molecule has 1 aliphatic carbocycles. The zero-order chi connectivity index (χ0) is 11.5. The highest BCUT2D eigenvalue weighted by molar-refractivity contribution is 5.04. The normalized spacial score (nSPS) is 19.7. The van der Waals surface area contributed by atoms with E-state index < -0.39 is 0 Å². The summed E-state index contributed by atoms with van der Waals surface area (Å²) in [4.78, 5) is 0. The minimum Gasteiger partial charge on any atom is -0.380 e. The van der Waals surface area contributed by atoms with E-state index >= 15 is 0 Å². The van der Waals surface area contributed by atoms with Crippen LogP contribution in [0.4, 0.5) is 0 Å². The summed E-state index contributed by atoms with van der Waals surface area (Å²) >= 11 is 0. The second kappa shape index (κ2) is 4.97. The van der Waals surface area contributed by atoms with E-state index in [9.17, 15) is 0 Å². The van der Waals surface area contributed by atoms with Gasteiger partial charge in [-0.25, -0.2) is 0 Å². The lowest BCUT2D eigenvalue weighted by Crippen LogP contribution is -2.38. The zero-order valence-corrected chi connectivity index (χ0v) is 10.1. The smallest absolute Gasteiger partial charge is 0.0750 e. The fourth-order valence-corrected chi connectivity index (χ4v) is 2.24. The van der Waals surface area contributed by atoms with Gasteiger partial charge in [0.1, 0.15) is 0 Å². The van der Waals surface area contributed by atoms with E-state index in [1.165, 1.54) is 18.4 Å². The van der Waals surface area contributed by atoms with Crippen LogP contribution < -0.4 is 5.73 Å². The Morgan fingerprint density at radius 2 is 2.38 bits per heavy atom. The Labute approximate surface area is 96.8 Å². The molecular weight excluding hydrogens is 202 g/mol. The van der Waals surface area contributed by atoms with Gasteiger partial charge in [-0.1, -0.05) is 0 Å². The Morgan fingerprint density at radius 3 is 2.88 bits per heavy atom. The van der Waals surface area contributed by atoms with Crippen molar-refractivity contribution in [1.82, 2.24) is 9.78 Å². The first-order chi connectivity index (χ1) is 7.70. The van der Waals surface area contributed by atoms with Crippen LogP contribution in [-0.4, -0.2) is 29.0 Å². The molecule has 2 unspecified atom stereocenters. The lowest BCUT2D eigenvalue weighted by molar-refractivity contribution is 0.0603. The molecule has 16 heavy (non-hydrogen) atoms. The van der Waals surface area contributed by atoms with Crippen LogP contribution in [0.25, 0.3) is 0 Å².